The highest BCUT2D eigenvalue weighted by atomic mass is 16.5. The zero-order chi connectivity index (χ0) is 10.4. The largest absolute Gasteiger partial charge is 0.464 e. The molecule has 0 amide bonds. The van der Waals surface area contributed by atoms with Crippen molar-refractivity contribution in [3.05, 3.63) is 11.9 Å². The van der Waals surface area contributed by atoms with Crippen LogP contribution < -0.4 is 11.5 Å². The van der Waals surface area contributed by atoms with Crippen LogP contribution in [0, 0.1) is 0 Å². The number of aliphatic imine (C=N–C) groups is 1. The SMILES string of the molecule is COC(=O)C(=NC(C)C)C(N)=CN. The van der Waals surface area contributed by atoms with Gasteiger partial charge in [-0.2, -0.15) is 0 Å². The van der Waals surface area contributed by atoms with E-state index in [-0.39, 0.29) is 17.5 Å². The van der Waals surface area contributed by atoms with E-state index in [0.717, 1.165) is 6.20 Å². The molecule has 0 aromatic heterocycles. The maximum Gasteiger partial charge on any atom is 0.358 e. The lowest BCUT2D eigenvalue weighted by Crippen LogP contribution is -2.25. The van der Waals surface area contributed by atoms with Crippen LogP contribution in [0.25, 0.3) is 0 Å². The van der Waals surface area contributed by atoms with E-state index in [1.165, 1.54) is 7.11 Å². The molecule has 4 N–H and O–H groups in total. The second-order valence-electron chi connectivity index (χ2n) is 2.69. The molecule has 0 atom stereocenters. The third kappa shape index (κ3) is 3.59. The number of hydrogen-bond acceptors (Lipinski definition) is 5. The monoisotopic (exact) mass is 185 g/mol. The van der Waals surface area contributed by atoms with E-state index < -0.39 is 5.97 Å². The van der Waals surface area contributed by atoms with Crippen LogP contribution in [0.3, 0.4) is 0 Å². The Labute approximate surface area is 77.5 Å². The summed E-state index contributed by atoms with van der Waals surface area (Å²) in [5.41, 5.74) is 10.8. The number of carbonyl (C=O) groups excluding carboxylic acids is 1. The molecule has 0 bridgehead atoms. The number of nitrogens with two attached hydrogens (primary N) is 2. The molecule has 5 heteroatoms. The summed E-state index contributed by atoms with van der Waals surface area (Å²) >= 11 is 0. The quantitative estimate of drug-likeness (QED) is 0.469. The van der Waals surface area contributed by atoms with Crippen molar-refractivity contribution in [1.82, 2.24) is 0 Å². The Kier molecular flexibility index (Phi) is 4.58. The summed E-state index contributed by atoms with van der Waals surface area (Å²) in [6.07, 6.45) is 1.12. The number of hydrogen-bond donors (Lipinski definition) is 2. The van der Waals surface area contributed by atoms with Crippen molar-refractivity contribution in [3.63, 3.8) is 0 Å². The Hall–Kier alpha value is -1.52. The second-order valence-corrected chi connectivity index (χ2v) is 2.69. The highest BCUT2D eigenvalue weighted by Gasteiger charge is 2.14. The van der Waals surface area contributed by atoms with Crippen LogP contribution in [0.15, 0.2) is 16.9 Å². The molecular weight excluding hydrogens is 170 g/mol. The summed E-state index contributed by atoms with van der Waals surface area (Å²) in [4.78, 5) is 15.1. The average Bonchev–Trinajstić information content (AvgIpc) is 2.11. The van der Waals surface area contributed by atoms with Crippen LogP contribution in [0.1, 0.15) is 13.8 Å². The Morgan fingerprint density at radius 3 is 2.38 bits per heavy atom. The molecule has 13 heavy (non-hydrogen) atoms. The first kappa shape index (κ1) is 11.5. The van der Waals surface area contributed by atoms with E-state index in [2.05, 4.69) is 9.73 Å². The summed E-state index contributed by atoms with van der Waals surface area (Å²) in [5.74, 6) is -0.576. The third-order valence-electron chi connectivity index (χ3n) is 1.22. The second kappa shape index (κ2) is 5.18. The molecule has 0 fully saturated rings. The van der Waals surface area contributed by atoms with Crippen molar-refractivity contribution in [2.75, 3.05) is 7.11 Å². The minimum atomic E-state index is -0.576. The van der Waals surface area contributed by atoms with Gasteiger partial charge in [0.05, 0.1) is 12.8 Å². The molecule has 0 aliphatic carbocycles. The van der Waals surface area contributed by atoms with Gasteiger partial charge in [0.25, 0.3) is 0 Å². The van der Waals surface area contributed by atoms with Gasteiger partial charge in [-0.05, 0) is 13.8 Å². The van der Waals surface area contributed by atoms with Crippen molar-refractivity contribution >= 4 is 11.7 Å². The van der Waals surface area contributed by atoms with E-state index in [1.807, 2.05) is 13.8 Å². The van der Waals surface area contributed by atoms with Gasteiger partial charge >= 0.3 is 5.97 Å². The summed E-state index contributed by atoms with van der Waals surface area (Å²) < 4.78 is 4.49. The van der Waals surface area contributed by atoms with Crippen molar-refractivity contribution in [1.29, 1.82) is 0 Å². The molecular formula is C8H15N3O2. The van der Waals surface area contributed by atoms with Gasteiger partial charge in [0, 0.05) is 12.2 Å². The minimum absolute atomic E-state index is 0.0346. The molecule has 0 unspecified atom stereocenters. The molecule has 0 aliphatic heterocycles. The van der Waals surface area contributed by atoms with Crippen LogP contribution in [-0.2, 0) is 9.53 Å². The third-order valence-corrected chi connectivity index (χ3v) is 1.22. The van der Waals surface area contributed by atoms with Crippen molar-refractivity contribution < 1.29 is 9.53 Å². The zero-order valence-electron chi connectivity index (χ0n) is 8.07. The molecule has 0 aromatic rings. The highest BCUT2D eigenvalue weighted by molar-refractivity contribution is 6.42. The van der Waals surface area contributed by atoms with Gasteiger partial charge in [0.1, 0.15) is 0 Å². The number of methoxy groups -OCH3 is 1. The Balaban J connectivity index is 4.87. The predicted molar refractivity (Wildman–Crippen MR) is 51.0 cm³/mol. The molecule has 0 saturated carbocycles. The van der Waals surface area contributed by atoms with E-state index in [1.54, 1.807) is 0 Å². The molecule has 0 saturated heterocycles. The van der Waals surface area contributed by atoms with Gasteiger partial charge in [-0.1, -0.05) is 0 Å². The van der Waals surface area contributed by atoms with Gasteiger partial charge in [-0.25, -0.2) is 4.79 Å². The normalized spacial score (nSPS) is 13.2. The van der Waals surface area contributed by atoms with Crippen LogP contribution in [-0.4, -0.2) is 24.8 Å². The van der Waals surface area contributed by atoms with Gasteiger partial charge in [-0.15, -0.1) is 0 Å². The van der Waals surface area contributed by atoms with Crippen LogP contribution in [0.5, 0.6) is 0 Å². The fraction of sp³-hybridized carbons (Fsp3) is 0.500. The fourth-order valence-electron chi connectivity index (χ4n) is 0.679. The van der Waals surface area contributed by atoms with Crippen LogP contribution in [0.2, 0.25) is 0 Å². The maximum absolute atomic E-state index is 11.1. The standard InChI is InChI=1S/C8H15N3O2/c1-5(2)11-7(6(10)4-9)8(12)13-3/h4-5H,9-10H2,1-3H3. The lowest BCUT2D eigenvalue weighted by Gasteiger charge is -2.05. The lowest BCUT2D eigenvalue weighted by atomic mass is 10.2. The molecule has 0 radical (unpaired) electrons. The first-order chi connectivity index (χ1) is 6.02. The number of ether oxygens (including phenoxy) is 1. The molecule has 0 heterocycles. The first-order valence-electron chi connectivity index (χ1n) is 3.86. The summed E-state index contributed by atoms with van der Waals surface area (Å²) in [6, 6.07) is -0.0346. The summed E-state index contributed by atoms with van der Waals surface area (Å²) in [5, 5.41) is 0. The first-order valence-corrected chi connectivity index (χ1v) is 3.86. The molecule has 0 rings (SSSR count). The highest BCUT2D eigenvalue weighted by Crippen LogP contribution is 1.96. The van der Waals surface area contributed by atoms with Gasteiger partial charge in [0.15, 0.2) is 5.71 Å². The van der Waals surface area contributed by atoms with Crippen molar-refractivity contribution in [3.8, 4) is 0 Å². The summed E-state index contributed by atoms with van der Waals surface area (Å²) in [7, 11) is 1.27. The zero-order valence-corrected chi connectivity index (χ0v) is 8.07. The predicted octanol–water partition coefficient (Wildman–Crippen LogP) is -0.232. The van der Waals surface area contributed by atoms with Gasteiger partial charge in [0.2, 0.25) is 0 Å². The number of carbonyl (C=O) groups is 1. The topological polar surface area (TPSA) is 90.7 Å². The van der Waals surface area contributed by atoms with Gasteiger partial charge < -0.3 is 16.2 Å². The van der Waals surface area contributed by atoms with E-state index in [4.69, 9.17) is 11.5 Å². The Morgan fingerprint density at radius 1 is 1.54 bits per heavy atom. The smallest absolute Gasteiger partial charge is 0.358 e. The van der Waals surface area contributed by atoms with Crippen molar-refractivity contribution in [2.45, 2.75) is 19.9 Å². The number of rotatable bonds is 3. The summed E-state index contributed by atoms with van der Waals surface area (Å²) in [6.45, 7) is 3.65. The number of nitrogens with zero attached hydrogens (tertiary/aromatic N) is 1. The molecule has 0 aliphatic rings. The average molecular weight is 185 g/mol. The van der Waals surface area contributed by atoms with E-state index in [0.29, 0.717) is 0 Å². The van der Waals surface area contributed by atoms with Crippen LogP contribution in [0.4, 0.5) is 0 Å². The fourth-order valence-corrected chi connectivity index (χ4v) is 0.679. The van der Waals surface area contributed by atoms with Crippen LogP contribution >= 0.6 is 0 Å². The molecule has 0 spiro atoms. The van der Waals surface area contributed by atoms with Crippen molar-refractivity contribution in [2.24, 2.45) is 16.5 Å². The molecule has 74 valence electrons. The van der Waals surface area contributed by atoms with Gasteiger partial charge in [-0.3, -0.25) is 4.99 Å². The maximum atomic E-state index is 11.1. The Bertz CT molecular complexity index is 244. The van der Waals surface area contributed by atoms with E-state index in [9.17, 15) is 4.79 Å². The molecule has 5 nitrogen and oxygen atoms in total. The number of esters is 1. The Morgan fingerprint density at radius 2 is 2.08 bits per heavy atom. The van der Waals surface area contributed by atoms with E-state index >= 15 is 0 Å². The lowest BCUT2D eigenvalue weighted by molar-refractivity contribution is -0.132. The molecule has 0 aromatic carbocycles. The minimum Gasteiger partial charge on any atom is -0.464 e.